The van der Waals surface area contributed by atoms with Crippen LogP contribution in [0.2, 0.25) is 0 Å². The Bertz CT molecular complexity index is 422. The summed E-state index contributed by atoms with van der Waals surface area (Å²) >= 11 is 0. The molecule has 0 aliphatic heterocycles. The first kappa shape index (κ1) is 9.26. The lowest BCUT2D eigenvalue weighted by atomic mass is 10.4. The third-order valence-electron chi connectivity index (χ3n) is 2.01. The molecule has 1 fully saturated rings. The maximum Gasteiger partial charge on any atom is 0.235 e. The van der Waals surface area contributed by atoms with E-state index in [0.717, 1.165) is 12.8 Å². The van der Waals surface area contributed by atoms with E-state index >= 15 is 0 Å². The van der Waals surface area contributed by atoms with E-state index in [1.165, 1.54) is 6.20 Å². The maximum atomic E-state index is 11.5. The van der Waals surface area contributed by atoms with Crippen LogP contribution in [0.1, 0.15) is 12.8 Å². The molecule has 6 heteroatoms. The van der Waals surface area contributed by atoms with Gasteiger partial charge in [-0.05, 0) is 25.0 Å². The lowest BCUT2D eigenvalue weighted by Crippen LogP contribution is -2.17. The first-order chi connectivity index (χ1) is 6.58. The van der Waals surface area contributed by atoms with Gasteiger partial charge >= 0.3 is 0 Å². The first-order valence-corrected chi connectivity index (χ1v) is 5.86. The van der Waals surface area contributed by atoms with E-state index in [0.29, 0.717) is 11.5 Å². The minimum absolute atomic E-state index is 0.222. The van der Waals surface area contributed by atoms with Gasteiger partial charge in [-0.2, -0.15) is 0 Å². The second-order valence-corrected chi connectivity index (χ2v) is 5.28. The highest BCUT2D eigenvalue weighted by molar-refractivity contribution is 7.93. The highest BCUT2D eigenvalue weighted by atomic mass is 32.2. The fourth-order valence-electron chi connectivity index (χ4n) is 1.09. The van der Waals surface area contributed by atoms with Crippen LogP contribution >= 0.6 is 0 Å². The smallest absolute Gasteiger partial charge is 0.235 e. The molecule has 0 bridgehead atoms. The van der Waals surface area contributed by atoms with Gasteiger partial charge in [0, 0.05) is 0 Å². The third kappa shape index (κ3) is 1.95. The molecule has 1 heterocycles. The molecular weight excluding hydrogens is 202 g/mol. The Hall–Kier alpha value is -1.30. The van der Waals surface area contributed by atoms with Gasteiger partial charge < -0.3 is 5.73 Å². The van der Waals surface area contributed by atoms with Crippen LogP contribution in [0.3, 0.4) is 0 Å². The second kappa shape index (κ2) is 3.13. The van der Waals surface area contributed by atoms with E-state index in [4.69, 9.17) is 5.73 Å². The highest BCUT2D eigenvalue weighted by Crippen LogP contribution is 2.29. The zero-order valence-corrected chi connectivity index (χ0v) is 8.29. The summed E-state index contributed by atoms with van der Waals surface area (Å²) in [5.74, 6) is 0.374. The molecule has 0 radical (unpaired) electrons. The molecule has 1 aliphatic rings. The first-order valence-electron chi connectivity index (χ1n) is 4.31. The molecule has 0 amide bonds. The van der Waals surface area contributed by atoms with Gasteiger partial charge in [0.25, 0.3) is 0 Å². The highest BCUT2D eigenvalue weighted by Gasteiger charge is 2.35. The molecule has 1 aromatic heterocycles. The van der Waals surface area contributed by atoms with Gasteiger partial charge in [0.1, 0.15) is 5.82 Å². The summed E-state index contributed by atoms with van der Waals surface area (Å²) < 4.78 is 25.4. The van der Waals surface area contributed by atoms with Crippen molar-refractivity contribution in [1.82, 2.24) is 4.98 Å². The lowest BCUT2D eigenvalue weighted by Gasteiger charge is -2.05. The molecule has 0 spiro atoms. The Balaban J connectivity index is 2.14. The minimum atomic E-state index is -3.18. The fraction of sp³-hybridized carbons (Fsp3) is 0.375. The summed E-state index contributed by atoms with van der Waals surface area (Å²) in [5.41, 5.74) is 5.84. The summed E-state index contributed by atoms with van der Waals surface area (Å²) in [6, 6.07) is 3.16. The van der Waals surface area contributed by atoms with E-state index in [1.54, 1.807) is 12.1 Å². The number of rotatable bonds is 3. The van der Waals surface area contributed by atoms with E-state index in [9.17, 15) is 8.42 Å². The maximum absolute atomic E-state index is 11.5. The number of nitrogens with one attached hydrogen (secondary N) is 1. The van der Waals surface area contributed by atoms with E-state index in [2.05, 4.69) is 9.71 Å². The normalized spacial score (nSPS) is 16.6. The van der Waals surface area contributed by atoms with Gasteiger partial charge in [-0.15, -0.1) is 0 Å². The molecule has 0 saturated heterocycles. The van der Waals surface area contributed by atoms with Crippen molar-refractivity contribution in [1.29, 1.82) is 0 Å². The molecule has 1 aliphatic carbocycles. The second-order valence-electron chi connectivity index (χ2n) is 3.32. The molecule has 2 rings (SSSR count). The number of nitrogen functional groups attached to an aromatic ring is 1. The Morgan fingerprint density at radius 2 is 2.14 bits per heavy atom. The van der Waals surface area contributed by atoms with Crippen molar-refractivity contribution in [3.05, 3.63) is 18.3 Å². The number of aromatic nitrogens is 1. The lowest BCUT2D eigenvalue weighted by molar-refractivity contribution is 0.600. The van der Waals surface area contributed by atoms with Gasteiger partial charge in [-0.25, -0.2) is 13.4 Å². The van der Waals surface area contributed by atoms with Gasteiger partial charge in [0.05, 0.1) is 17.1 Å². The zero-order chi connectivity index (χ0) is 10.2. The predicted octanol–water partition coefficient (Wildman–Crippen LogP) is 0.568. The van der Waals surface area contributed by atoms with Crippen LogP contribution in [-0.2, 0) is 10.0 Å². The van der Waals surface area contributed by atoms with Gasteiger partial charge in [-0.3, -0.25) is 4.72 Å². The minimum Gasteiger partial charge on any atom is -0.384 e. The summed E-state index contributed by atoms with van der Waals surface area (Å²) in [6.07, 6.45) is 2.91. The van der Waals surface area contributed by atoms with Gasteiger partial charge in [0.15, 0.2) is 0 Å². The van der Waals surface area contributed by atoms with Crippen molar-refractivity contribution in [3.8, 4) is 0 Å². The molecule has 14 heavy (non-hydrogen) atoms. The summed E-state index contributed by atoms with van der Waals surface area (Å²) in [7, 11) is -3.18. The Morgan fingerprint density at radius 1 is 1.43 bits per heavy atom. The molecule has 3 N–H and O–H groups in total. The van der Waals surface area contributed by atoms with Crippen LogP contribution in [-0.4, -0.2) is 18.7 Å². The number of sulfonamides is 1. The van der Waals surface area contributed by atoms with Crippen molar-refractivity contribution in [2.24, 2.45) is 0 Å². The van der Waals surface area contributed by atoms with Crippen molar-refractivity contribution >= 4 is 21.5 Å². The van der Waals surface area contributed by atoms with Crippen LogP contribution < -0.4 is 10.5 Å². The molecule has 5 nitrogen and oxygen atoms in total. The monoisotopic (exact) mass is 213 g/mol. The Labute approximate surface area is 82.4 Å². The Kier molecular flexibility index (Phi) is 2.07. The number of pyridine rings is 1. The van der Waals surface area contributed by atoms with Crippen LogP contribution in [0.5, 0.6) is 0 Å². The molecule has 1 saturated carbocycles. The van der Waals surface area contributed by atoms with E-state index in [1.807, 2.05) is 0 Å². The van der Waals surface area contributed by atoms with Crippen LogP contribution in [0.15, 0.2) is 18.3 Å². The molecule has 0 atom stereocenters. The number of nitrogens with two attached hydrogens (primary N) is 1. The van der Waals surface area contributed by atoms with Crippen molar-refractivity contribution in [3.63, 3.8) is 0 Å². The molecule has 0 aromatic carbocycles. The van der Waals surface area contributed by atoms with Crippen molar-refractivity contribution in [2.75, 3.05) is 10.5 Å². The van der Waals surface area contributed by atoms with Crippen molar-refractivity contribution in [2.45, 2.75) is 18.1 Å². The van der Waals surface area contributed by atoms with E-state index in [-0.39, 0.29) is 5.25 Å². The topological polar surface area (TPSA) is 85.1 Å². The summed E-state index contributed by atoms with van der Waals surface area (Å²) in [5, 5.41) is -0.222. The zero-order valence-electron chi connectivity index (χ0n) is 7.47. The van der Waals surface area contributed by atoms with Gasteiger partial charge in [0.2, 0.25) is 10.0 Å². The average molecular weight is 213 g/mol. The molecule has 1 aromatic rings. The number of nitrogens with zero attached hydrogens (tertiary/aromatic N) is 1. The largest absolute Gasteiger partial charge is 0.384 e. The number of hydrogen-bond donors (Lipinski definition) is 2. The van der Waals surface area contributed by atoms with Crippen LogP contribution in [0, 0.1) is 0 Å². The predicted molar refractivity (Wildman–Crippen MR) is 54.2 cm³/mol. The average Bonchev–Trinajstić information content (AvgIpc) is 2.91. The molecule has 76 valence electrons. The number of hydrogen-bond acceptors (Lipinski definition) is 4. The summed E-state index contributed by atoms with van der Waals surface area (Å²) in [6.45, 7) is 0. The fourth-order valence-corrected chi connectivity index (χ4v) is 2.46. The molecular formula is C8H11N3O2S. The molecule has 0 unspecified atom stereocenters. The van der Waals surface area contributed by atoms with E-state index < -0.39 is 10.0 Å². The number of anilines is 2. The van der Waals surface area contributed by atoms with Crippen LogP contribution in [0.25, 0.3) is 0 Å². The standard InChI is InChI=1S/C8H11N3O2S/c9-8-4-1-6(5-10-8)11-14(12,13)7-2-3-7/h1,4-5,7,11H,2-3H2,(H2,9,10). The SMILES string of the molecule is Nc1ccc(NS(=O)(=O)C2CC2)cn1. The Morgan fingerprint density at radius 3 is 2.64 bits per heavy atom. The van der Waals surface area contributed by atoms with Gasteiger partial charge in [-0.1, -0.05) is 0 Å². The van der Waals surface area contributed by atoms with Crippen molar-refractivity contribution < 1.29 is 8.42 Å². The van der Waals surface area contributed by atoms with Crippen LogP contribution in [0.4, 0.5) is 11.5 Å². The quantitative estimate of drug-likeness (QED) is 0.768. The third-order valence-corrected chi connectivity index (χ3v) is 3.88. The summed E-state index contributed by atoms with van der Waals surface area (Å²) in [4.78, 5) is 3.79.